The van der Waals surface area contributed by atoms with Crippen molar-refractivity contribution < 1.29 is 9.21 Å². The van der Waals surface area contributed by atoms with Gasteiger partial charge in [0.05, 0.1) is 18.2 Å². The Bertz CT molecular complexity index is 919. The van der Waals surface area contributed by atoms with Crippen molar-refractivity contribution in [3.8, 4) is 6.07 Å². The van der Waals surface area contributed by atoms with Gasteiger partial charge in [-0.25, -0.2) is 9.48 Å². The minimum atomic E-state index is -0.380. The quantitative estimate of drug-likeness (QED) is 0.789. The van der Waals surface area contributed by atoms with E-state index in [1.807, 2.05) is 25.1 Å². The zero-order chi connectivity index (χ0) is 17.8. The largest absolute Gasteiger partial charge is 0.464 e. The number of aryl methyl sites for hydroxylation is 2. The molecule has 0 spiro atoms. The van der Waals surface area contributed by atoms with Crippen molar-refractivity contribution in [2.24, 2.45) is 7.05 Å². The number of furan rings is 1. The van der Waals surface area contributed by atoms with Crippen molar-refractivity contribution in [2.75, 3.05) is 10.2 Å². The van der Waals surface area contributed by atoms with Gasteiger partial charge < -0.3 is 9.73 Å². The number of anilines is 2. The second kappa shape index (κ2) is 6.88. The van der Waals surface area contributed by atoms with Gasteiger partial charge in [-0.05, 0) is 43.3 Å². The molecule has 3 aromatic rings. The standard InChI is InChI=1S/C17H16N6O2/c1-12-3-8-15(25-12)10-23(16-19-11-20-22(16)2)17(24)21-14-6-4-13(9-18)5-7-14/h3-8,11H,10H2,1-2H3,(H,21,24). The number of nitriles is 1. The first kappa shape index (κ1) is 16.3. The van der Waals surface area contributed by atoms with Gasteiger partial charge in [-0.1, -0.05) is 0 Å². The smallest absolute Gasteiger partial charge is 0.329 e. The average molecular weight is 336 g/mol. The van der Waals surface area contributed by atoms with Crippen molar-refractivity contribution >= 4 is 17.7 Å². The molecule has 0 fully saturated rings. The molecular weight excluding hydrogens is 320 g/mol. The van der Waals surface area contributed by atoms with Crippen molar-refractivity contribution in [1.82, 2.24) is 14.8 Å². The summed E-state index contributed by atoms with van der Waals surface area (Å²) in [5, 5.41) is 15.7. The van der Waals surface area contributed by atoms with Gasteiger partial charge in [0, 0.05) is 12.7 Å². The summed E-state index contributed by atoms with van der Waals surface area (Å²) in [6, 6.07) is 11.9. The first-order valence-corrected chi connectivity index (χ1v) is 7.55. The summed E-state index contributed by atoms with van der Waals surface area (Å²) in [4.78, 5) is 18.3. The maximum absolute atomic E-state index is 12.8. The van der Waals surface area contributed by atoms with Gasteiger partial charge in [0.1, 0.15) is 17.8 Å². The summed E-state index contributed by atoms with van der Waals surface area (Å²) in [7, 11) is 1.71. The highest BCUT2D eigenvalue weighted by molar-refractivity contribution is 6.00. The number of amides is 2. The lowest BCUT2D eigenvalue weighted by Gasteiger charge is -2.20. The number of rotatable bonds is 4. The SMILES string of the molecule is Cc1ccc(CN(C(=O)Nc2ccc(C#N)cc2)c2ncnn2C)o1. The van der Waals surface area contributed by atoms with Crippen LogP contribution in [0.25, 0.3) is 0 Å². The van der Waals surface area contributed by atoms with Crippen molar-refractivity contribution in [1.29, 1.82) is 5.26 Å². The number of hydrogen-bond donors (Lipinski definition) is 1. The van der Waals surface area contributed by atoms with Gasteiger partial charge in [-0.3, -0.25) is 4.90 Å². The topological polar surface area (TPSA) is 100.0 Å². The van der Waals surface area contributed by atoms with E-state index >= 15 is 0 Å². The van der Waals surface area contributed by atoms with Crippen molar-refractivity contribution in [2.45, 2.75) is 13.5 Å². The maximum atomic E-state index is 12.8. The minimum absolute atomic E-state index is 0.211. The number of carbonyl (C=O) groups is 1. The zero-order valence-corrected chi connectivity index (χ0v) is 13.8. The summed E-state index contributed by atoms with van der Waals surface area (Å²) in [5.74, 6) is 1.79. The van der Waals surface area contributed by atoms with E-state index in [1.165, 1.54) is 15.9 Å². The van der Waals surface area contributed by atoms with E-state index in [-0.39, 0.29) is 12.6 Å². The van der Waals surface area contributed by atoms with E-state index in [1.54, 1.807) is 31.3 Å². The van der Waals surface area contributed by atoms with E-state index in [0.29, 0.717) is 23.0 Å². The van der Waals surface area contributed by atoms with Gasteiger partial charge >= 0.3 is 6.03 Å². The van der Waals surface area contributed by atoms with Crippen LogP contribution >= 0.6 is 0 Å². The normalized spacial score (nSPS) is 10.3. The van der Waals surface area contributed by atoms with Gasteiger partial charge in [-0.2, -0.15) is 15.3 Å². The molecule has 0 aliphatic rings. The predicted molar refractivity (Wildman–Crippen MR) is 90.8 cm³/mol. The molecule has 0 aliphatic carbocycles. The van der Waals surface area contributed by atoms with Crippen LogP contribution in [-0.4, -0.2) is 20.8 Å². The Morgan fingerprint density at radius 1 is 1.32 bits per heavy atom. The summed E-state index contributed by atoms with van der Waals surface area (Å²) >= 11 is 0. The van der Waals surface area contributed by atoms with Crippen LogP contribution in [-0.2, 0) is 13.6 Å². The molecule has 0 atom stereocenters. The Hall–Kier alpha value is -3.60. The molecule has 0 saturated carbocycles. The fourth-order valence-corrected chi connectivity index (χ4v) is 2.31. The lowest BCUT2D eigenvalue weighted by molar-refractivity contribution is 0.255. The fourth-order valence-electron chi connectivity index (χ4n) is 2.31. The molecule has 0 unspecified atom stereocenters. The summed E-state index contributed by atoms with van der Waals surface area (Å²) in [6.45, 7) is 2.05. The molecule has 0 radical (unpaired) electrons. The third-order valence-electron chi connectivity index (χ3n) is 3.55. The summed E-state index contributed by atoms with van der Waals surface area (Å²) < 4.78 is 7.08. The highest BCUT2D eigenvalue weighted by Gasteiger charge is 2.22. The first-order chi connectivity index (χ1) is 12.1. The van der Waals surface area contributed by atoms with Gasteiger partial charge in [0.15, 0.2) is 0 Å². The highest BCUT2D eigenvalue weighted by atomic mass is 16.3. The number of benzene rings is 1. The van der Waals surface area contributed by atoms with Crippen LogP contribution in [0.3, 0.4) is 0 Å². The third kappa shape index (κ3) is 3.67. The van der Waals surface area contributed by atoms with Crippen LogP contribution in [0.15, 0.2) is 47.1 Å². The minimum Gasteiger partial charge on any atom is -0.464 e. The second-order valence-corrected chi connectivity index (χ2v) is 5.40. The molecular formula is C17H16N6O2. The van der Waals surface area contributed by atoms with E-state index in [9.17, 15) is 4.79 Å². The molecule has 8 nitrogen and oxygen atoms in total. The number of aromatic nitrogens is 3. The third-order valence-corrected chi connectivity index (χ3v) is 3.55. The molecule has 8 heteroatoms. The van der Waals surface area contributed by atoms with E-state index in [2.05, 4.69) is 15.4 Å². The second-order valence-electron chi connectivity index (χ2n) is 5.40. The van der Waals surface area contributed by atoms with Gasteiger partial charge in [0.2, 0.25) is 5.95 Å². The molecule has 3 rings (SSSR count). The van der Waals surface area contributed by atoms with E-state index < -0.39 is 0 Å². The number of nitrogens with one attached hydrogen (secondary N) is 1. The first-order valence-electron chi connectivity index (χ1n) is 7.55. The average Bonchev–Trinajstić information content (AvgIpc) is 3.21. The Morgan fingerprint density at radius 3 is 2.64 bits per heavy atom. The van der Waals surface area contributed by atoms with Crippen molar-refractivity contribution in [3.05, 3.63) is 59.8 Å². The van der Waals surface area contributed by atoms with Crippen LogP contribution in [0.1, 0.15) is 17.1 Å². The van der Waals surface area contributed by atoms with Crippen LogP contribution in [0.4, 0.5) is 16.4 Å². The van der Waals surface area contributed by atoms with Crippen LogP contribution in [0.5, 0.6) is 0 Å². The summed E-state index contributed by atoms with van der Waals surface area (Å²) in [6.07, 6.45) is 1.38. The molecule has 126 valence electrons. The van der Waals surface area contributed by atoms with Crippen LogP contribution in [0, 0.1) is 18.3 Å². The zero-order valence-electron chi connectivity index (χ0n) is 13.8. The van der Waals surface area contributed by atoms with Crippen molar-refractivity contribution in [3.63, 3.8) is 0 Å². The van der Waals surface area contributed by atoms with E-state index in [0.717, 1.165) is 5.76 Å². The molecule has 2 aromatic heterocycles. The molecule has 25 heavy (non-hydrogen) atoms. The Kier molecular flexibility index (Phi) is 4.48. The number of carbonyl (C=O) groups excluding carboxylic acids is 1. The fraction of sp³-hybridized carbons (Fsp3) is 0.176. The summed E-state index contributed by atoms with van der Waals surface area (Å²) in [5.41, 5.74) is 1.10. The number of urea groups is 1. The maximum Gasteiger partial charge on any atom is 0.329 e. The lowest BCUT2D eigenvalue weighted by Crippen LogP contribution is -2.36. The predicted octanol–water partition coefficient (Wildman–Crippen LogP) is 2.83. The lowest BCUT2D eigenvalue weighted by atomic mass is 10.2. The number of nitrogens with zero attached hydrogens (tertiary/aromatic N) is 5. The number of hydrogen-bond acceptors (Lipinski definition) is 5. The monoisotopic (exact) mass is 336 g/mol. The Balaban J connectivity index is 1.83. The Labute approximate surface area is 144 Å². The Morgan fingerprint density at radius 2 is 2.08 bits per heavy atom. The molecule has 0 bridgehead atoms. The van der Waals surface area contributed by atoms with Crippen LogP contribution in [0.2, 0.25) is 0 Å². The molecule has 0 saturated heterocycles. The molecule has 0 aliphatic heterocycles. The van der Waals surface area contributed by atoms with Gasteiger partial charge in [-0.15, -0.1) is 0 Å². The molecule has 2 heterocycles. The molecule has 1 aromatic carbocycles. The highest BCUT2D eigenvalue weighted by Crippen LogP contribution is 2.18. The molecule has 2 amide bonds. The molecule has 1 N–H and O–H groups in total. The van der Waals surface area contributed by atoms with Gasteiger partial charge in [0.25, 0.3) is 0 Å². The van der Waals surface area contributed by atoms with Crippen LogP contribution < -0.4 is 10.2 Å². The van der Waals surface area contributed by atoms with E-state index in [4.69, 9.17) is 9.68 Å².